The predicted octanol–water partition coefficient (Wildman–Crippen LogP) is 2.33. The zero-order valence-corrected chi connectivity index (χ0v) is 8.21. The molecule has 0 aliphatic heterocycles. The lowest BCUT2D eigenvalue weighted by Gasteiger charge is -2.14. The van der Waals surface area contributed by atoms with Crippen LogP contribution in [-0.2, 0) is 0 Å². The molecule has 2 N–H and O–H groups in total. The molecule has 1 fully saturated rings. The van der Waals surface area contributed by atoms with Crippen LogP contribution in [0.2, 0.25) is 0 Å². The third-order valence-corrected chi connectivity index (χ3v) is 2.81. The molecule has 0 radical (unpaired) electrons. The Morgan fingerprint density at radius 2 is 2.08 bits per heavy atom. The van der Waals surface area contributed by atoms with Crippen molar-refractivity contribution in [3.05, 3.63) is 0 Å². The minimum Gasteiger partial charge on any atom is -0.387 e. The van der Waals surface area contributed by atoms with Gasteiger partial charge in [0.2, 0.25) is 0 Å². The van der Waals surface area contributed by atoms with E-state index in [1.165, 1.54) is 25.7 Å². The summed E-state index contributed by atoms with van der Waals surface area (Å²) in [7, 11) is 0. The first-order valence-electron chi connectivity index (χ1n) is 5.06. The SMILES string of the molecule is CCC(N)=NC(C)C1CCCC1. The predicted molar refractivity (Wildman–Crippen MR) is 53.3 cm³/mol. The highest BCUT2D eigenvalue weighted by atomic mass is 14.9. The number of hydrogen-bond donors (Lipinski definition) is 1. The highest BCUT2D eigenvalue weighted by Crippen LogP contribution is 2.28. The largest absolute Gasteiger partial charge is 0.387 e. The highest BCUT2D eigenvalue weighted by Gasteiger charge is 2.20. The topological polar surface area (TPSA) is 38.4 Å². The van der Waals surface area contributed by atoms with E-state index in [1.54, 1.807) is 0 Å². The molecule has 0 spiro atoms. The zero-order valence-electron chi connectivity index (χ0n) is 8.21. The van der Waals surface area contributed by atoms with Crippen LogP contribution in [0.1, 0.15) is 46.0 Å². The third kappa shape index (κ3) is 2.50. The lowest BCUT2D eigenvalue weighted by atomic mass is 10.0. The maximum atomic E-state index is 5.69. The smallest absolute Gasteiger partial charge is 0.0937 e. The molecular weight excluding hydrogens is 148 g/mol. The molecule has 12 heavy (non-hydrogen) atoms. The number of nitrogens with two attached hydrogens (primary N) is 1. The second kappa shape index (κ2) is 4.48. The first-order chi connectivity index (χ1) is 5.74. The number of nitrogens with zero attached hydrogens (tertiary/aromatic N) is 1. The van der Waals surface area contributed by atoms with Crippen LogP contribution in [0.3, 0.4) is 0 Å². The molecule has 0 aromatic carbocycles. The van der Waals surface area contributed by atoms with Crippen LogP contribution in [0.25, 0.3) is 0 Å². The normalized spacial score (nSPS) is 23.0. The van der Waals surface area contributed by atoms with Crippen molar-refractivity contribution in [1.29, 1.82) is 0 Å². The maximum Gasteiger partial charge on any atom is 0.0937 e. The highest BCUT2D eigenvalue weighted by molar-refractivity contribution is 5.80. The van der Waals surface area contributed by atoms with E-state index in [0.29, 0.717) is 6.04 Å². The molecule has 0 saturated heterocycles. The molecule has 2 nitrogen and oxygen atoms in total. The molecule has 1 unspecified atom stereocenters. The zero-order chi connectivity index (χ0) is 8.97. The van der Waals surface area contributed by atoms with Crippen molar-refractivity contribution in [2.45, 2.75) is 52.0 Å². The Morgan fingerprint density at radius 3 is 2.58 bits per heavy atom. The Morgan fingerprint density at radius 1 is 1.50 bits per heavy atom. The molecule has 1 rings (SSSR count). The molecule has 2 heteroatoms. The van der Waals surface area contributed by atoms with Gasteiger partial charge in [-0.2, -0.15) is 0 Å². The molecular formula is C10H20N2. The van der Waals surface area contributed by atoms with Crippen LogP contribution in [0.5, 0.6) is 0 Å². The van der Waals surface area contributed by atoms with E-state index in [2.05, 4.69) is 18.8 Å². The molecule has 0 aromatic rings. The quantitative estimate of drug-likeness (QED) is 0.510. The summed E-state index contributed by atoms with van der Waals surface area (Å²) < 4.78 is 0. The Hall–Kier alpha value is -0.530. The van der Waals surface area contributed by atoms with Gasteiger partial charge in [0.1, 0.15) is 0 Å². The summed E-state index contributed by atoms with van der Waals surface area (Å²) in [5.41, 5.74) is 5.69. The first kappa shape index (κ1) is 9.56. The van der Waals surface area contributed by atoms with Gasteiger partial charge in [-0.05, 0) is 25.7 Å². The summed E-state index contributed by atoms with van der Waals surface area (Å²) >= 11 is 0. The van der Waals surface area contributed by atoms with Crippen LogP contribution in [0.15, 0.2) is 4.99 Å². The van der Waals surface area contributed by atoms with E-state index in [-0.39, 0.29) is 0 Å². The molecule has 0 amide bonds. The standard InChI is InChI=1S/C10H20N2/c1-3-10(11)12-8(2)9-6-4-5-7-9/h8-9H,3-7H2,1-2H3,(H2,11,12). The number of amidine groups is 1. The number of aliphatic imine (C=N–C) groups is 1. The van der Waals surface area contributed by atoms with Gasteiger partial charge in [-0.25, -0.2) is 0 Å². The van der Waals surface area contributed by atoms with Crippen molar-refractivity contribution >= 4 is 5.84 Å². The summed E-state index contributed by atoms with van der Waals surface area (Å²) in [5.74, 6) is 1.62. The van der Waals surface area contributed by atoms with Crippen LogP contribution >= 0.6 is 0 Å². The fourth-order valence-corrected chi connectivity index (χ4v) is 1.90. The van der Waals surface area contributed by atoms with Crippen molar-refractivity contribution in [2.75, 3.05) is 0 Å². The Balaban J connectivity index is 2.40. The van der Waals surface area contributed by atoms with Crippen molar-refractivity contribution in [3.8, 4) is 0 Å². The van der Waals surface area contributed by atoms with Crippen LogP contribution < -0.4 is 5.73 Å². The van der Waals surface area contributed by atoms with E-state index in [9.17, 15) is 0 Å². The fourth-order valence-electron chi connectivity index (χ4n) is 1.90. The summed E-state index contributed by atoms with van der Waals surface area (Å²) in [6.45, 7) is 4.25. The molecule has 0 bridgehead atoms. The van der Waals surface area contributed by atoms with Gasteiger partial charge in [0.15, 0.2) is 0 Å². The van der Waals surface area contributed by atoms with E-state index in [4.69, 9.17) is 5.73 Å². The number of hydrogen-bond acceptors (Lipinski definition) is 1. The van der Waals surface area contributed by atoms with E-state index < -0.39 is 0 Å². The van der Waals surface area contributed by atoms with Crippen LogP contribution in [0.4, 0.5) is 0 Å². The molecule has 70 valence electrons. The third-order valence-electron chi connectivity index (χ3n) is 2.81. The number of rotatable bonds is 3. The van der Waals surface area contributed by atoms with Gasteiger partial charge >= 0.3 is 0 Å². The lowest BCUT2D eigenvalue weighted by molar-refractivity contribution is 0.459. The van der Waals surface area contributed by atoms with Gasteiger partial charge in [0.25, 0.3) is 0 Å². The Kier molecular flexibility index (Phi) is 3.57. The summed E-state index contributed by atoms with van der Waals surface area (Å²) in [6.07, 6.45) is 6.35. The monoisotopic (exact) mass is 168 g/mol. The van der Waals surface area contributed by atoms with Gasteiger partial charge in [-0.1, -0.05) is 19.8 Å². The maximum absolute atomic E-state index is 5.69. The van der Waals surface area contributed by atoms with Gasteiger partial charge < -0.3 is 5.73 Å². The summed E-state index contributed by atoms with van der Waals surface area (Å²) in [4.78, 5) is 4.47. The molecule has 1 aliphatic carbocycles. The summed E-state index contributed by atoms with van der Waals surface area (Å²) in [6, 6.07) is 0.451. The van der Waals surface area contributed by atoms with Gasteiger partial charge in [0, 0.05) is 6.42 Å². The molecule has 0 aromatic heterocycles. The van der Waals surface area contributed by atoms with Crippen LogP contribution in [0, 0.1) is 5.92 Å². The second-order valence-electron chi connectivity index (χ2n) is 3.76. The van der Waals surface area contributed by atoms with Crippen molar-refractivity contribution in [3.63, 3.8) is 0 Å². The van der Waals surface area contributed by atoms with Gasteiger partial charge in [-0.15, -0.1) is 0 Å². The lowest BCUT2D eigenvalue weighted by Crippen LogP contribution is -2.18. The van der Waals surface area contributed by atoms with E-state index >= 15 is 0 Å². The van der Waals surface area contributed by atoms with E-state index in [1.807, 2.05) is 0 Å². The van der Waals surface area contributed by atoms with Crippen molar-refractivity contribution in [1.82, 2.24) is 0 Å². The fraction of sp³-hybridized carbons (Fsp3) is 0.900. The summed E-state index contributed by atoms with van der Waals surface area (Å²) in [5, 5.41) is 0. The van der Waals surface area contributed by atoms with Gasteiger partial charge in [-0.3, -0.25) is 4.99 Å². The van der Waals surface area contributed by atoms with Crippen LogP contribution in [-0.4, -0.2) is 11.9 Å². The molecule has 1 aliphatic rings. The minimum absolute atomic E-state index is 0.451. The molecule has 1 atom stereocenters. The average molecular weight is 168 g/mol. The first-order valence-corrected chi connectivity index (χ1v) is 5.06. The Bertz CT molecular complexity index is 157. The average Bonchev–Trinajstić information content (AvgIpc) is 2.56. The van der Waals surface area contributed by atoms with Gasteiger partial charge in [0.05, 0.1) is 11.9 Å². The second-order valence-corrected chi connectivity index (χ2v) is 3.76. The van der Waals surface area contributed by atoms with E-state index in [0.717, 1.165) is 18.2 Å². The van der Waals surface area contributed by atoms with Crippen molar-refractivity contribution < 1.29 is 0 Å². The Labute approximate surface area is 75.3 Å². The minimum atomic E-state index is 0.451. The molecule has 0 heterocycles. The molecule has 1 saturated carbocycles. The van der Waals surface area contributed by atoms with Crippen molar-refractivity contribution in [2.24, 2.45) is 16.6 Å².